The molecule has 166 valence electrons. The lowest BCUT2D eigenvalue weighted by Crippen LogP contribution is -2.13. The van der Waals surface area contributed by atoms with E-state index in [1.807, 2.05) is 24.3 Å². The van der Waals surface area contributed by atoms with Gasteiger partial charge in [-0.1, -0.05) is 53.7 Å². The fraction of sp³-hybridized carbons (Fsp3) is 0.308. The molecule has 0 atom stereocenters. The highest BCUT2D eigenvalue weighted by Gasteiger charge is 2.24. The summed E-state index contributed by atoms with van der Waals surface area (Å²) in [5.41, 5.74) is 1.49. The summed E-state index contributed by atoms with van der Waals surface area (Å²) in [7, 11) is 0. The molecule has 4 aromatic carbocycles. The van der Waals surface area contributed by atoms with E-state index < -0.39 is 12.3 Å². The molecule has 4 rings (SSSR count). The van der Waals surface area contributed by atoms with Crippen LogP contribution in [0.1, 0.15) is 52.7 Å². The molecule has 0 fully saturated rings. The van der Waals surface area contributed by atoms with E-state index in [9.17, 15) is 19.8 Å². The third-order valence-corrected chi connectivity index (χ3v) is 5.82. The van der Waals surface area contributed by atoms with Crippen LogP contribution < -0.4 is 9.47 Å². The number of rotatable bonds is 2. The molecule has 0 saturated heterocycles. The van der Waals surface area contributed by atoms with E-state index >= 15 is 0 Å². The van der Waals surface area contributed by atoms with E-state index in [1.165, 1.54) is 0 Å². The van der Waals surface area contributed by atoms with Crippen molar-refractivity contribution in [2.45, 2.75) is 52.4 Å². The Labute approximate surface area is 185 Å². The Morgan fingerprint density at radius 2 is 0.969 bits per heavy atom. The molecule has 0 amide bonds. The van der Waals surface area contributed by atoms with Crippen LogP contribution in [-0.4, -0.2) is 22.5 Å². The van der Waals surface area contributed by atoms with E-state index in [0.29, 0.717) is 10.8 Å². The summed E-state index contributed by atoms with van der Waals surface area (Å²) in [6.07, 6.45) is -2.77. The molecule has 0 heterocycles. The topological polar surface area (TPSA) is 93.1 Å². The second-order valence-electron chi connectivity index (χ2n) is 10.2. The quantitative estimate of drug-likeness (QED) is 0.195. The maximum Gasteiger partial charge on any atom is 0.511 e. The number of benzene rings is 4. The van der Waals surface area contributed by atoms with Gasteiger partial charge in [-0.3, -0.25) is 0 Å². The third-order valence-electron chi connectivity index (χ3n) is 5.82. The lowest BCUT2D eigenvalue weighted by molar-refractivity contribution is 0.143. The van der Waals surface area contributed by atoms with Crippen LogP contribution in [0.25, 0.3) is 32.3 Å². The highest BCUT2D eigenvalue weighted by Crippen LogP contribution is 2.46. The minimum atomic E-state index is -1.39. The molecule has 6 nitrogen and oxygen atoms in total. The van der Waals surface area contributed by atoms with Crippen molar-refractivity contribution in [3.63, 3.8) is 0 Å². The molecular weight excluding hydrogens is 408 g/mol. The summed E-state index contributed by atoms with van der Waals surface area (Å²) in [6, 6.07) is 11.3. The van der Waals surface area contributed by atoms with E-state index in [1.54, 1.807) is 12.1 Å². The third kappa shape index (κ3) is 3.66. The van der Waals surface area contributed by atoms with Crippen molar-refractivity contribution in [3.8, 4) is 11.5 Å². The van der Waals surface area contributed by atoms with Crippen molar-refractivity contribution in [1.29, 1.82) is 0 Å². The van der Waals surface area contributed by atoms with E-state index in [0.717, 1.165) is 32.7 Å². The highest BCUT2D eigenvalue weighted by atomic mass is 16.7. The molecule has 0 spiro atoms. The van der Waals surface area contributed by atoms with Gasteiger partial charge in [0.15, 0.2) is 0 Å². The zero-order chi connectivity index (χ0) is 23.6. The van der Waals surface area contributed by atoms with Crippen molar-refractivity contribution in [2.24, 2.45) is 0 Å². The summed E-state index contributed by atoms with van der Waals surface area (Å²) in [6.45, 7) is 12.3. The second kappa shape index (κ2) is 6.99. The van der Waals surface area contributed by atoms with Gasteiger partial charge in [0.2, 0.25) is 0 Å². The predicted octanol–water partition coefficient (Wildman–Crippen LogP) is 7.29. The molecule has 4 aromatic rings. The van der Waals surface area contributed by atoms with Crippen LogP contribution in [0.5, 0.6) is 11.5 Å². The van der Waals surface area contributed by atoms with Gasteiger partial charge >= 0.3 is 12.3 Å². The summed E-state index contributed by atoms with van der Waals surface area (Å²) >= 11 is 0. The minimum Gasteiger partial charge on any atom is -0.449 e. The molecule has 0 aromatic heterocycles. The molecule has 2 N–H and O–H groups in total. The first kappa shape index (κ1) is 21.7. The van der Waals surface area contributed by atoms with Gasteiger partial charge in [-0.15, -0.1) is 0 Å². The average molecular weight is 434 g/mol. The molecule has 0 aliphatic heterocycles. The summed E-state index contributed by atoms with van der Waals surface area (Å²) in [5, 5.41) is 23.2. The first-order chi connectivity index (χ1) is 14.8. The van der Waals surface area contributed by atoms with Crippen LogP contribution in [-0.2, 0) is 10.8 Å². The fourth-order valence-electron chi connectivity index (χ4n) is 4.16. The van der Waals surface area contributed by atoms with Gasteiger partial charge in [0, 0.05) is 21.5 Å². The SMILES string of the molecule is CC(C)(C)c1cc2cc(OC(=O)O)c3cc(C(C)(C)C)cc4cc(OC(=O)O)c(c1)c2c43. The Bertz CT molecular complexity index is 1280. The highest BCUT2D eigenvalue weighted by molar-refractivity contribution is 6.26. The minimum absolute atomic E-state index is 0.224. The van der Waals surface area contributed by atoms with Crippen LogP contribution in [0.2, 0.25) is 0 Å². The van der Waals surface area contributed by atoms with Gasteiger partial charge in [-0.2, -0.15) is 0 Å². The average Bonchev–Trinajstić information content (AvgIpc) is 2.64. The van der Waals surface area contributed by atoms with Gasteiger partial charge in [-0.25, -0.2) is 9.59 Å². The van der Waals surface area contributed by atoms with Crippen molar-refractivity contribution in [1.82, 2.24) is 0 Å². The maximum atomic E-state index is 11.5. The first-order valence-electron chi connectivity index (χ1n) is 10.4. The lowest BCUT2D eigenvalue weighted by Gasteiger charge is -2.25. The van der Waals surface area contributed by atoms with Crippen molar-refractivity contribution < 1.29 is 29.3 Å². The first-order valence-corrected chi connectivity index (χ1v) is 10.4. The number of carbonyl (C=O) groups is 2. The molecule has 0 radical (unpaired) electrons. The smallest absolute Gasteiger partial charge is 0.449 e. The van der Waals surface area contributed by atoms with Crippen LogP contribution in [0, 0.1) is 0 Å². The van der Waals surface area contributed by atoms with Crippen molar-refractivity contribution >= 4 is 44.6 Å². The normalized spacial score (nSPS) is 12.6. The van der Waals surface area contributed by atoms with Crippen LogP contribution in [0.3, 0.4) is 0 Å². The Morgan fingerprint density at radius 1 is 0.625 bits per heavy atom. The monoisotopic (exact) mass is 434 g/mol. The Balaban J connectivity index is 2.25. The van der Waals surface area contributed by atoms with Crippen LogP contribution in [0.15, 0.2) is 36.4 Å². The van der Waals surface area contributed by atoms with Crippen molar-refractivity contribution in [3.05, 3.63) is 47.5 Å². The predicted molar refractivity (Wildman–Crippen MR) is 125 cm³/mol. The molecule has 32 heavy (non-hydrogen) atoms. The Kier molecular flexibility index (Phi) is 4.73. The molecule has 0 saturated carbocycles. The zero-order valence-corrected chi connectivity index (χ0v) is 19.0. The second-order valence-corrected chi connectivity index (χ2v) is 10.2. The maximum absolute atomic E-state index is 11.5. The summed E-state index contributed by atoms with van der Waals surface area (Å²) in [5.74, 6) is 0.501. The van der Waals surface area contributed by atoms with Crippen LogP contribution in [0.4, 0.5) is 9.59 Å². The van der Waals surface area contributed by atoms with Gasteiger partial charge in [0.25, 0.3) is 0 Å². The van der Waals surface area contributed by atoms with Gasteiger partial charge in [0.1, 0.15) is 11.5 Å². The lowest BCUT2D eigenvalue weighted by atomic mass is 9.81. The fourth-order valence-corrected chi connectivity index (χ4v) is 4.16. The standard InChI is InChI=1S/C26H26O6/c1-25(2,3)15-7-13-9-20(32-24(29)30)18-12-16(26(4,5)6)8-14-10-19(31-23(27)28)17(11-15)21(13)22(14)18/h7-12H,1-6H3,(H,27,28)(H,29,30). The van der Waals surface area contributed by atoms with E-state index in [-0.39, 0.29) is 22.3 Å². The number of ether oxygens (including phenoxy) is 2. The number of hydrogen-bond acceptors (Lipinski definition) is 4. The van der Waals surface area contributed by atoms with Crippen LogP contribution >= 0.6 is 0 Å². The van der Waals surface area contributed by atoms with E-state index in [4.69, 9.17) is 9.47 Å². The molecule has 0 aliphatic carbocycles. The van der Waals surface area contributed by atoms with Gasteiger partial charge < -0.3 is 19.7 Å². The molecular formula is C26H26O6. The van der Waals surface area contributed by atoms with Gasteiger partial charge in [-0.05, 0) is 57.0 Å². The molecule has 6 heteroatoms. The molecule has 0 aliphatic rings. The zero-order valence-electron chi connectivity index (χ0n) is 19.0. The Morgan fingerprint density at radius 3 is 1.25 bits per heavy atom. The number of carboxylic acid groups (broad SMARTS) is 2. The van der Waals surface area contributed by atoms with Crippen molar-refractivity contribution in [2.75, 3.05) is 0 Å². The molecule has 0 bridgehead atoms. The largest absolute Gasteiger partial charge is 0.511 e. The number of hydrogen-bond donors (Lipinski definition) is 2. The Hall–Kier alpha value is -3.54. The van der Waals surface area contributed by atoms with E-state index in [2.05, 4.69) is 41.5 Å². The molecule has 0 unspecified atom stereocenters. The summed E-state index contributed by atoms with van der Waals surface area (Å²) < 4.78 is 10.4. The summed E-state index contributed by atoms with van der Waals surface area (Å²) in [4.78, 5) is 23.0. The van der Waals surface area contributed by atoms with Gasteiger partial charge in [0.05, 0.1) is 0 Å².